The maximum absolute atomic E-state index is 12.6. The Bertz CT molecular complexity index is 313. The van der Waals surface area contributed by atoms with E-state index in [4.69, 9.17) is 4.74 Å². The van der Waals surface area contributed by atoms with Crippen LogP contribution in [0.5, 0.6) is 0 Å². The van der Waals surface area contributed by atoms with Crippen molar-refractivity contribution in [2.45, 2.75) is 64.2 Å². The summed E-state index contributed by atoms with van der Waals surface area (Å²) in [5, 5.41) is 3.56. The molecule has 0 aromatic carbocycles. The largest absolute Gasteiger partial charge is 0.383 e. The number of carbonyl (C=O) groups is 1. The van der Waals surface area contributed by atoms with Gasteiger partial charge in [-0.2, -0.15) is 0 Å². The molecular formula is C14H26N2O2. The fourth-order valence-corrected chi connectivity index (χ4v) is 2.95. The molecule has 0 aromatic heterocycles. The average molecular weight is 254 g/mol. The van der Waals surface area contributed by atoms with Gasteiger partial charge in [-0.05, 0) is 25.2 Å². The van der Waals surface area contributed by atoms with E-state index in [2.05, 4.69) is 31.0 Å². The Labute approximate surface area is 110 Å². The van der Waals surface area contributed by atoms with E-state index in [1.807, 2.05) is 0 Å². The Balaban J connectivity index is 2.17. The maximum Gasteiger partial charge on any atom is 0.244 e. The molecule has 1 aliphatic carbocycles. The van der Waals surface area contributed by atoms with Crippen molar-refractivity contribution < 1.29 is 9.53 Å². The van der Waals surface area contributed by atoms with Crippen molar-refractivity contribution in [3.8, 4) is 0 Å². The molecule has 1 saturated heterocycles. The number of hydrogen-bond acceptors (Lipinski definition) is 3. The Kier molecular flexibility index (Phi) is 3.97. The molecule has 1 heterocycles. The van der Waals surface area contributed by atoms with Crippen LogP contribution in [0, 0.1) is 5.92 Å². The van der Waals surface area contributed by atoms with Crippen LogP contribution in [0.4, 0.5) is 0 Å². The molecule has 18 heavy (non-hydrogen) atoms. The topological polar surface area (TPSA) is 41.6 Å². The minimum absolute atomic E-state index is 0.187. The number of amides is 1. The van der Waals surface area contributed by atoms with E-state index >= 15 is 0 Å². The van der Waals surface area contributed by atoms with Gasteiger partial charge in [0.2, 0.25) is 5.91 Å². The maximum atomic E-state index is 12.6. The molecule has 4 heteroatoms. The Hall–Kier alpha value is -0.610. The SMILES string of the molecule is CCCC1NC2(CC2)C(=O)N1C(COC)C(C)C. The zero-order chi connectivity index (χ0) is 13.3. The molecular weight excluding hydrogens is 228 g/mol. The summed E-state index contributed by atoms with van der Waals surface area (Å²) in [6.07, 6.45) is 4.32. The molecule has 0 radical (unpaired) electrons. The third-order valence-electron chi connectivity index (χ3n) is 4.20. The zero-order valence-electron chi connectivity index (χ0n) is 12.0. The lowest BCUT2D eigenvalue weighted by Gasteiger charge is -2.34. The first-order valence-electron chi connectivity index (χ1n) is 7.15. The molecule has 2 unspecified atom stereocenters. The van der Waals surface area contributed by atoms with Gasteiger partial charge in [0.05, 0.1) is 24.4 Å². The van der Waals surface area contributed by atoms with Crippen molar-refractivity contribution in [1.82, 2.24) is 10.2 Å². The average Bonchev–Trinajstić information content (AvgIpc) is 3.03. The van der Waals surface area contributed by atoms with E-state index in [1.165, 1.54) is 0 Å². The molecule has 1 N–H and O–H groups in total. The van der Waals surface area contributed by atoms with E-state index in [9.17, 15) is 4.79 Å². The van der Waals surface area contributed by atoms with Crippen LogP contribution in [0.2, 0.25) is 0 Å². The summed E-state index contributed by atoms with van der Waals surface area (Å²) in [5.41, 5.74) is -0.208. The number of rotatable bonds is 6. The molecule has 1 spiro atoms. The van der Waals surface area contributed by atoms with E-state index in [0.29, 0.717) is 18.4 Å². The predicted molar refractivity (Wildman–Crippen MR) is 71.1 cm³/mol. The fourth-order valence-electron chi connectivity index (χ4n) is 2.95. The monoisotopic (exact) mass is 254 g/mol. The number of methoxy groups -OCH3 is 1. The molecule has 104 valence electrons. The number of hydrogen-bond donors (Lipinski definition) is 1. The van der Waals surface area contributed by atoms with Gasteiger partial charge in [-0.15, -0.1) is 0 Å². The first-order valence-corrected chi connectivity index (χ1v) is 7.15. The van der Waals surface area contributed by atoms with E-state index in [0.717, 1.165) is 25.7 Å². The fraction of sp³-hybridized carbons (Fsp3) is 0.929. The highest BCUT2D eigenvalue weighted by molar-refractivity contribution is 5.92. The second-order valence-electron chi connectivity index (χ2n) is 6.01. The van der Waals surface area contributed by atoms with Crippen LogP contribution >= 0.6 is 0 Å². The minimum Gasteiger partial charge on any atom is -0.383 e. The first kappa shape index (κ1) is 13.8. The molecule has 1 aliphatic heterocycles. The third kappa shape index (κ3) is 2.28. The van der Waals surface area contributed by atoms with Gasteiger partial charge in [0.25, 0.3) is 0 Å². The van der Waals surface area contributed by atoms with Crippen LogP contribution in [-0.2, 0) is 9.53 Å². The van der Waals surface area contributed by atoms with Gasteiger partial charge >= 0.3 is 0 Å². The molecule has 0 bridgehead atoms. The van der Waals surface area contributed by atoms with Crippen LogP contribution < -0.4 is 5.32 Å². The highest BCUT2D eigenvalue weighted by Gasteiger charge is 2.60. The number of nitrogens with one attached hydrogen (secondary N) is 1. The van der Waals surface area contributed by atoms with Crippen molar-refractivity contribution >= 4 is 5.91 Å². The molecule has 2 fully saturated rings. The lowest BCUT2D eigenvalue weighted by molar-refractivity contribution is -0.135. The van der Waals surface area contributed by atoms with Gasteiger partial charge in [-0.3, -0.25) is 10.1 Å². The highest BCUT2D eigenvalue weighted by Crippen LogP contribution is 2.44. The van der Waals surface area contributed by atoms with Crippen molar-refractivity contribution in [2.24, 2.45) is 5.92 Å². The summed E-state index contributed by atoms with van der Waals surface area (Å²) in [6.45, 7) is 7.13. The second kappa shape index (κ2) is 5.17. The van der Waals surface area contributed by atoms with Crippen molar-refractivity contribution in [3.05, 3.63) is 0 Å². The minimum atomic E-state index is -0.208. The van der Waals surface area contributed by atoms with Gasteiger partial charge in [0.1, 0.15) is 0 Å². The summed E-state index contributed by atoms with van der Waals surface area (Å²) in [4.78, 5) is 14.7. The van der Waals surface area contributed by atoms with E-state index < -0.39 is 0 Å². The van der Waals surface area contributed by atoms with Gasteiger partial charge in [-0.25, -0.2) is 0 Å². The van der Waals surface area contributed by atoms with Crippen molar-refractivity contribution in [3.63, 3.8) is 0 Å². The van der Waals surface area contributed by atoms with Gasteiger partial charge in [0, 0.05) is 7.11 Å². The van der Waals surface area contributed by atoms with Gasteiger partial charge in [-0.1, -0.05) is 27.2 Å². The summed E-state index contributed by atoms with van der Waals surface area (Å²) < 4.78 is 5.32. The molecule has 2 rings (SSSR count). The predicted octanol–water partition coefficient (Wildman–Crippen LogP) is 1.75. The smallest absolute Gasteiger partial charge is 0.244 e. The molecule has 4 nitrogen and oxygen atoms in total. The van der Waals surface area contributed by atoms with Crippen LogP contribution in [0.15, 0.2) is 0 Å². The Morgan fingerprint density at radius 1 is 1.50 bits per heavy atom. The number of ether oxygens (including phenoxy) is 1. The van der Waals surface area contributed by atoms with Crippen molar-refractivity contribution in [2.75, 3.05) is 13.7 Å². The van der Waals surface area contributed by atoms with Crippen LogP contribution in [0.3, 0.4) is 0 Å². The van der Waals surface area contributed by atoms with E-state index in [1.54, 1.807) is 7.11 Å². The molecule has 1 amide bonds. The normalized spacial score (nSPS) is 27.3. The lowest BCUT2D eigenvalue weighted by Crippen LogP contribution is -2.49. The van der Waals surface area contributed by atoms with Gasteiger partial charge < -0.3 is 9.64 Å². The first-order chi connectivity index (χ1) is 8.55. The molecule has 2 atom stereocenters. The lowest BCUT2D eigenvalue weighted by atomic mass is 10.0. The van der Waals surface area contributed by atoms with Crippen LogP contribution in [0.25, 0.3) is 0 Å². The Morgan fingerprint density at radius 2 is 2.17 bits per heavy atom. The second-order valence-corrected chi connectivity index (χ2v) is 6.01. The molecule has 2 aliphatic rings. The summed E-state index contributed by atoms with van der Waals surface area (Å²) in [5.74, 6) is 0.723. The quantitative estimate of drug-likeness (QED) is 0.785. The third-order valence-corrected chi connectivity index (χ3v) is 4.20. The molecule has 1 saturated carbocycles. The van der Waals surface area contributed by atoms with Crippen molar-refractivity contribution in [1.29, 1.82) is 0 Å². The summed E-state index contributed by atoms with van der Waals surface area (Å²) >= 11 is 0. The summed E-state index contributed by atoms with van der Waals surface area (Å²) in [6, 6.07) is 0.187. The van der Waals surface area contributed by atoms with Crippen LogP contribution in [0.1, 0.15) is 46.5 Å². The summed E-state index contributed by atoms with van der Waals surface area (Å²) in [7, 11) is 1.71. The standard InChI is InChI=1S/C14H26N2O2/c1-5-6-12-15-14(7-8-14)13(17)16(12)11(9-18-4)10(2)3/h10-12,15H,5-9H2,1-4H3. The van der Waals surface area contributed by atoms with Gasteiger partial charge in [0.15, 0.2) is 0 Å². The molecule has 0 aromatic rings. The van der Waals surface area contributed by atoms with E-state index in [-0.39, 0.29) is 17.7 Å². The number of nitrogens with zero attached hydrogens (tertiary/aromatic N) is 1. The highest BCUT2D eigenvalue weighted by atomic mass is 16.5. The number of carbonyl (C=O) groups excluding carboxylic acids is 1. The Morgan fingerprint density at radius 3 is 2.61 bits per heavy atom. The zero-order valence-corrected chi connectivity index (χ0v) is 12.0. The van der Waals surface area contributed by atoms with Crippen LogP contribution in [-0.4, -0.2) is 42.3 Å².